The number of nitrogens with one attached hydrogen (secondary N) is 1. The number of benzene rings is 2. The number of carbonyl (C=O) groups is 1. The molecule has 2 aromatic rings. The third-order valence-corrected chi connectivity index (χ3v) is 3.68. The largest absolute Gasteiger partial charge is 0.399 e. The molecule has 0 fully saturated rings. The Balaban J connectivity index is 1.81. The summed E-state index contributed by atoms with van der Waals surface area (Å²) in [6, 6.07) is 12.1. The van der Waals surface area contributed by atoms with Crippen molar-refractivity contribution in [3.63, 3.8) is 0 Å². The molecule has 3 rings (SSSR count). The van der Waals surface area contributed by atoms with Gasteiger partial charge in [0.25, 0.3) is 5.91 Å². The molecule has 1 aliphatic rings. The maximum Gasteiger partial charge on any atom is 0.254 e. The monoisotopic (exact) mass is 270 g/mol. The minimum atomic E-state index is -0.589. The SMILES string of the molecule is Nc1ccc(C(=O)NC2CCc3ccccc32)c(F)c1. The predicted octanol–water partition coefficient (Wildman–Crippen LogP) is 2.83. The number of fused-ring (bicyclic) bond motifs is 1. The molecule has 0 saturated carbocycles. The van der Waals surface area contributed by atoms with Gasteiger partial charge in [0.05, 0.1) is 11.6 Å². The highest BCUT2D eigenvalue weighted by molar-refractivity contribution is 5.95. The third-order valence-electron chi connectivity index (χ3n) is 3.68. The van der Waals surface area contributed by atoms with Crippen LogP contribution in [0.4, 0.5) is 10.1 Å². The van der Waals surface area contributed by atoms with Crippen LogP contribution in [0, 0.1) is 5.82 Å². The van der Waals surface area contributed by atoms with Gasteiger partial charge >= 0.3 is 0 Å². The van der Waals surface area contributed by atoms with E-state index in [-0.39, 0.29) is 11.6 Å². The zero-order valence-electron chi connectivity index (χ0n) is 10.9. The van der Waals surface area contributed by atoms with Gasteiger partial charge in [-0.3, -0.25) is 4.79 Å². The van der Waals surface area contributed by atoms with Crippen LogP contribution < -0.4 is 11.1 Å². The topological polar surface area (TPSA) is 55.1 Å². The molecular formula is C16H15FN2O. The molecule has 3 N–H and O–H groups in total. The van der Waals surface area contributed by atoms with Crippen molar-refractivity contribution in [2.24, 2.45) is 0 Å². The number of nitrogens with two attached hydrogens (primary N) is 1. The summed E-state index contributed by atoms with van der Waals surface area (Å²) in [4.78, 5) is 12.2. The lowest BCUT2D eigenvalue weighted by atomic mass is 10.1. The van der Waals surface area contributed by atoms with Gasteiger partial charge in [0.15, 0.2) is 0 Å². The van der Waals surface area contributed by atoms with Crippen molar-refractivity contribution in [1.82, 2.24) is 5.32 Å². The first kappa shape index (κ1) is 12.7. The number of hydrogen-bond donors (Lipinski definition) is 2. The van der Waals surface area contributed by atoms with Crippen molar-refractivity contribution in [1.29, 1.82) is 0 Å². The Morgan fingerprint density at radius 2 is 2.05 bits per heavy atom. The highest BCUT2D eigenvalue weighted by atomic mass is 19.1. The van der Waals surface area contributed by atoms with E-state index in [1.165, 1.54) is 17.7 Å². The first-order chi connectivity index (χ1) is 9.65. The van der Waals surface area contributed by atoms with Gasteiger partial charge in [-0.25, -0.2) is 4.39 Å². The fourth-order valence-corrected chi connectivity index (χ4v) is 2.66. The number of rotatable bonds is 2. The minimum Gasteiger partial charge on any atom is -0.399 e. The van der Waals surface area contributed by atoms with Gasteiger partial charge in [0.1, 0.15) is 5.82 Å². The number of nitrogen functional groups attached to an aromatic ring is 1. The molecule has 1 unspecified atom stereocenters. The molecule has 1 atom stereocenters. The highest BCUT2D eigenvalue weighted by Gasteiger charge is 2.24. The quantitative estimate of drug-likeness (QED) is 0.824. The maximum atomic E-state index is 13.7. The van der Waals surface area contributed by atoms with E-state index in [9.17, 15) is 9.18 Å². The second kappa shape index (κ2) is 4.96. The van der Waals surface area contributed by atoms with Crippen molar-refractivity contribution in [2.75, 3.05) is 5.73 Å². The summed E-state index contributed by atoms with van der Waals surface area (Å²) in [6.45, 7) is 0. The molecule has 1 aliphatic carbocycles. The first-order valence-electron chi connectivity index (χ1n) is 6.59. The standard InChI is InChI=1S/C16H15FN2O/c17-14-9-11(18)6-7-13(14)16(20)19-15-8-5-10-3-1-2-4-12(10)15/h1-4,6-7,9,15H,5,8,18H2,(H,19,20). The highest BCUT2D eigenvalue weighted by Crippen LogP contribution is 2.31. The molecule has 0 bridgehead atoms. The van der Waals surface area contributed by atoms with Crippen molar-refractivity contribution in [3.8, 4) is 0 Å². The van der Waals surface area contributed by atoms with Crippen LogP contribution in [0.3, 0.4) is 0 Å². The van der Waals surface area contributed by atoms with Gasteiger partial charge in [-0.05, 0) is 42.2 Å². The van der Waals surface area contributed by atoms with E-state index in [4.69, 9.17) is 5.73 Å². The fraction of sp³-hybridized carbons (Fsp3) is 0.188. The van der Waals surface area contributed by atoms with Crippen LogP contribution in [0.15, 0.2) is 42.5 Å². The van der Waals surface area contributed by atoms with E-state index >= 15 is 0 Å². The number of halogens is 1. The molecule has 20 heavy (non-hydrogen) atoms. The van der Waals surface area contributed by atoms with Gasteiger partial charge in [-0.2, -0.15) is 0 Å². The summed E-state index contributed by atoms with van der Waals surface area (Å²) in [7, 11) is 0. The molecule has 0 aliphatic heterocycles. The second-order valence-electron chi connectivity index (χ2n) is 5.00. The van der Waals surface area contributed by atoms with Crippen molar-refractivity contribution in [2.45, 2.75) is 18.9 Å². The summed E-state index contributed by atoms with van der Waals surface area (Å²) in [5.41, 5.74) is 8.19. The van der Waals surface area contributed by atoms with Gasteiger partial charge in [0, 0.05) is 5.69 Å². The van der Waals surface area contributed by atoms with Gasteiger partial charge in [0.2, 0.25) is 0 Å². The van der Waals surface area contributed by atoms with E-state index in [0.717, 1.165) is 24.5 Å². The Bertz CT molecular complexity index is 669. The van der Waals surface area contributed by atoms with Crippen LogP contribution in [0.1, 0.15) is 33.9 Å². The lowest BCUT2D eigenvalue weighted by Crippen LogP contribution is -2.27. The van der Waals surface area contributed by atoms with E-state index < -0.39 is 11.7 Å². The van der Waals surface area contributed by atoms with E-state index in [0.29, 0.717) is 5.69 Å². The fourth-order valence-electron chi connectivity index (χ4n) is 2.66. The number of anilines is 1. The molecule has 1 amide bonds. The van der Waals surface area contributed by atoms with Crippen LogP contribution in [0.25, 0.3) is 0 Å². The molecule has 0 saturated heterocycles. The van der Waals surface area contributed by atoms with E-state index in [2.05, 4.69) is 11.4 Å². The maximum absolute atomic E-state index is 13.7. The molecule has 2 aromatic carbocycles. The molecule has 4 heteroatoms. The van der Waals surface area contributed by atoms with Gasteiger partial charge < -0.3 is 11.1 Å². The van der Waals surface area contributed by atoms with Crippen LogP contribution in [0.5, 0.6) is 0 Å². The Labute approximate surface area is 116 Å². The molecule has 0 spiro atoms. The molecule has 0 heterocycles. The van der Waals surface area contributed by atoms with Crippen molar-refractivity contribution >= 4 is 11.6 Å². The van der Waals surface area contributed by atoms with Crippen molar-refractivity contribution in [3.05, 3.63) is 65.0 Å². The molecule has 3 nitrogen and oxygen atoms in total. The Morgan fingerprint density at radius 1 is 1.25 bits per heavy atom. The Morgan fingerprint density at radius 3 is 2.85 bits per heavy atom. The second-order valence-corrected chi connectivity index (χ2v) is 5.00. The number of aryl methyl sites for hydroxylation is 1. The van der Waals surface area contributed by atoms with Crippen LogP contribution in [-0.2, 0) is 6.42 Å². The number of carbonyl (C=O) groups excluding carboxylic acids is 1. The smallest absolute Gasteiger partial charge is 0.254 e. The van der Waals surface area contributed by atoms with Gasteiger partial charge in [-0.1, -0.05) is 24.3 Å². The predicted molar refractivity (Wildman–Crippen MR) is 75.8 cm³/mol. The van der Waals surface area contributed by atoms with Crippen molar-refractivity contribution < 1.29 is 9.18 Å². The number of hydrogen-bond acceptors (Lipinski definition) is 2. The first-order valence-corrected chi connectivity index (χ1v) is 6.59. The lowest BCUT2D eigenvalue weighted by molar-refractivity contribution is 0.0932. The normalized spacial score (nSPS) is 16.8. The van der Waals surface area contributed by atoms with E-state index in [1.54, 1.807) is 0 Å². The average molecular weight is 270 g/mol. The summed E-state index contributed by atoms with van der Waals surface area (Å²) in [6.07, 6.45) is 1.78. The average Bonchev–Trinajstić information content (AvgIpc) is 2.82. The molecule has 102 valence electrons. The van der Waals surface area contributed by atoms with Crippen LogP contribution in [-0.4, -0.2) is 5.91 Å². The molecule has 0 aromatic heterocycles. The Hall–Kier alpha value is -2.36. The molecular weight excluding hydrogens is 255 g/mol. The summed E-state index contributed by atoms with van der Waals surface area (Å²) < 4.78 is 13.7. The zero-order valence-corrected chi connectivity index (χ0v) is 10.9. The third kappa shape index (κ3) is 2.25. The van der Waals surface area contributed by atoms with Crippen LogP contribution in [0.2, 0.25) is 0 Å². The van der Waals surface area contributed by atoms with Crippen LogP contribution >= 0.6 is 0 Å². The number of amides is 1. The summed E-state index contributed by atoms with van der Waals surface area (Å²) in [5, 5.41) is 2.89. The van der Waals surface area contributed by atoms with E-state index in [1.807, 2.05) is 18.2 Å². The summed E-state index contributed by atoms with van der Waals surface area (Å²) >= 11 is 0. The lowest BCUT2D eigenvalue weighted by Gasteiger charge is -2.14. The van der Waals surface area contributed by atoms with Gasteiger partial charge in [-0.15, -0.1) is 0 Å². The Kier molecular flexibility index (Phi) is 3.14. The minimum absolute atomic E-state index is 0.0311. The zero-order chi connectivity index (χ0) is 14.1. The molecule has 0 radical (unpaired) electrons. The summed E-state index contributed by atoms with van der Waals surface area (Å²) in [5.74, 6) is -0.988.